The predicted molar refractivity (Wildman–Crippen MR) is 98.3 cm³/mol. The van der Waals surface area contributed by atoms with Gasteiger partial charge in [-0.2, -0.15) is 18.4 Å². The van der Waals surface area contributed by atoms with Crippen molar-refractivity contribution in [2.45, 2.75) is 20.0 Å². The van der Waals surface area contributed by atoms with E-state index >= 15 is 0 Å². The van der Waals surface area contributed by atoms with E-state index in [4.69, 9.17) is 4.74 Å². The lowest BCUT2D eigenvalue weighted by molar-refractivity contribution is -0.141. The molecule has 3 aromatic rings. The van der Waals surface area contributed by atoms with Crippen molar-refractivity contribution in [1.29, 1.82) is 5.26 Å². The number of para-hydroxylation sites is 1. The van der Waals surface area contributed by atoms with E-state index in [-0.39, 0.29) is 21.9 Å². The normalized spacial score (nSPS) is 11.2. The summed E-state index contributed by atoms with van der Waals surface area (Å²) >= 11 is 0. The van der Waals surface area contributed by atoms with Crippen molar-refractivity contribution in [1.82, 2.24) is 9.55 Å². The summed E-state index contributed by atoms with van der Waals surface area (Å²) in [6.45, 7) is 3.48. The summed E-state index contributed by atoms with van der Waals surface area (Å²) in [7, 11) is 0. The third kappa shape index (κ3) is 3.82. The first-order chi connectivity index (χ1) is 14.0. The molecule has 6 nitrogen and oxygen atoms in total. The van der Waals surface area contributed by atoms with Crippen LogP contribution in [0.5, 0.6) is 11.5 Å². The second-order valence-electron chi connectivity index (χ2n) is 6.39. The van der Waals surface area contributed by atoms with E-state index in [0.29, 0.717) is 16.9 Å². The Kier molecular flexibility index (Phi) is 5.22. The van der Waals surface area contributed by atoms with Crippen LogP contribution in [0.3, 0.4) is 0 Å². The van der Waals surface area contributed by atoms with Crippen LogP contribution in [0.2, 0.25) is 0 Å². The van der Waals surface area contributed by atoms with Crippen molar-refractivity contribution in [2.24, 2.45) is 0 Å². The molecule has 0 bridgehead atoms. The molecule has 0 amide bonds. The van der Waals surface area contributed by atoms with E-state index in [9.17, 15) is 32.4 Å². The zero-order valence-electron chi connectivity index (χ0n) is 15.6. The quantitative estimate of drug-likeness (QED) is 0.651. The largest absolute Gasteiger partial charge is 0.455 e. The van der Waals surface area contributed by atoms with Crippen molar-refractivity contribution in [3.8, 4) is 23.3 Å². The summed E-state index contributed by atoms with van der Waals surface area (Å²) < 4.78 is 58.9. The van der Waals surface area contributed by atoms with Gasteiger partial charge in [-0.25, -0.2) is 13.8 Å². The number of hydrogen-bond acceptors (Lipinski definition) is 4. The highest BCUT2D eigenvalue weighted by atomic mass is 19.4. The van der Waals surface area contributed by atoms with E-state index in [1.165, 1.54) is 4.98 Å². The van der Waals surface area contributed by atoms with Crippen molar-refractivity contribution in [2.75, 3.05) is 0 Å². The minimum Gasteiger partial charge on any atom is -0.455 e. The molecule has 1 N–H and O–H groups in total. The molecule has 1 aromatic heterocycles. The zero-order chi connectivity index (χ0) is 22.2. The first kappa shape index (κ1) is 20.9. The highest BCUT2D eigenvalue weighted by Gasteiger charge is 2.33. The molecule has 0 radical (unpaired) electrons. The van der Waals surface area contributed by atoms with Crippen LogP contribution in [0, 0.1) is 31.0 Å². The van der Waals surface area contributed by atoms with Crippen molar-refractivity contribution in [3.05, 3.63) is 85.4 Å². The van der Waals surface area contributed by atoms with Crippen molar-refractivity contribution in [3.63, 3.8) is 0 Å². The first-order valence-electron chi connectivity index (χ1n) is 8.44. The molecule has 154 valence electrons. The minimum absolute atomic E-state index is 0.144. The van der Waals surface area contributed by atoms with Gasteiger partial charge in [-0.1, -0.05) is 18.2 Å². The molecule has 1 heterocycles. The van der Waals surface area contributed by atoms with Crippen LogP contribution in [-0.4, -0.2) is 9.55 Å². The molecular formula is C20H13F4N3O3. The Morgan fingerprint density at radius 3 is 2.27 bits per heavy atom. The number of nitrogens with one attached hydrogen (secondary N) is 1. The maximum absolute atomic E-state index is 14.6. The molecule has 0 unspecified atom stereocenters. The highest BCUT2D eigenvalue weighted by molar-refractivity contribution is 5.54. The number of H-pyrrole nitrogens is 1. The van der Waals surface area contributed by atoms with Gasteiger partial charge in [0.05, 0.1) is 11.3 Å². The van der Waals surface area contributed by atoms with Crippen LogP contribution >= 0.6 is 0 Å². The van der Waals surface area contributed by atoms with Crippen LogP contribution in [0.1, 0.15) is 22.4 Å². The Morgan fingerprint density at radius 2 is 1.73 bits per heavy atom. The maximum Gasteiger partial charge on any atom is 0.431 e. The standard InChI is InChI=1S/C20H13F4N3O3/c1-10-4-3-5-11(2)18(10)30-15-7-14(13(21)6-12(15)9-25)27-17(28)8-16(20(22,23)24)26-19(27)29/h3-8H,1-2H3,(H,26,29). The number of rotatable bonds is 3. The molecule has 0 aliphatic carbocycles. The number of ether oxygens (including phenoxy) is 1. The number of nitrogens with zero attached hydrogens (tertiary/aromatic N) is 2. The van der Waals surface area contributed by atoms with E-state index in [1.807, 2.05) is 0 Å². The van der Waals surface area contributed by atoms with Crippen LogP contribution in [0.4, 0.5) is 17.6 Å². The Hall–Kier alpha value is -3.87. The summed E-state index contributed by atoms with van der Waals surface area (Å²) in [5.41, 5.74) is -3.92. The van der Waals surface area contributed by atoms with Gasteiger partial charge in [-0.3, -0.25) is 4.79 Å². The van der Waals surface area contributed by atoms with Gasteiger partial charge in [0.15, 0.2) is 0 Å². The molecule has 10 heteroatoms. The first-order valence-corrected chi connectivity index (χ1v) is 8.44. The lowest BCUT2D eigenvalue weighted by Crippen LogP contribution is -2.36. The Labute approximate surface area is 166 Å². The van der Waals surface area contributed by atoms with Gasteiger partial charge in [-0.05, 0) is 31.0 Å². The second kappa shape index (κ2) is 7.51. The number of benzene rings is 2. The number of hydrogen-bond donors (Lipinski definition) is 1. The van der Waals surface area contributed by atoms with Gasteiger partial charge >= 0.3 is 11.9 Å². The number of aromatic amines is 1. The van der Waals surface area contributed by atoms with Gasteiger partial charge in [0.2, 0.25) is 0 Å². The number of halogens is 4. The fraction of sp³-hybridized carbons (Fsp3) is 0.150. The Bertz CT molecular complexity index is 1250. The highest BCUT2D eigenvalue weighted by Crippen LogP contribution is 2.33. The molecule has 0 aliphatic heterocycles. The molecule has 0 spiro atoms. The summed E-state index contributed by atoms with van der Waals surface area (Å²) in [6, 6.07) is 8.81. The topological polar surface area (TPSA) is 87.9 Å². The fourth-order valence-corrected chi connectivity index (χ4v) is 2.83. The molecule has 0 atom stereocenters. The molecule has 3 rings (SSSR count). The van der Waals surface area contributed by atoms with E-state index in [0.717, 1.165) is 12.1 Å². The molecule has 2 aromatic carbocycles. The number of alkyl halides is 3. The molecule has 0 saturated heterocycles. The van der Waals surface area contributed by atoms with E-state index < -0.39 is 34.6 Å². The van der Waals surface area contributed by atoms with Crippen LogP contribution < -0.4 is 16.0 Å². The predicted octanol–water partition coefficient (Wildman–Crippen LogP) is 3.96. The molecule has 0 saturated carbocycles. The summed E-state index contributed by atoms with van der Waals surface area (Å²) in [6.07, 6.45) is -4.96. The summed E-state index contributed by atoms with van der Waals surface area (Å²) in [4.78, 5) is 25.8. The average molecular weight is 419 g/mol. The Balaban J connectivity index is 2.22. The molecule has 30 heavy (non-hydrogen) atoms. The SMILES string of the molecule is Cc1cccc(C)c1Oc1cc(-n2c(=O)cc(C(F)(F)F)[nH]c2=O)c(F)cc1C#N. The Morgan fingerprint density at radius 1 is 1.10 bits per heavy atom. The van der Waals surface area contributed by atoms with E-state index in [1.54, 1.807) is 38.1 Å². The third-order valence-corrected chi connectivity index (χ3v) is 4.27. The van der Waals surface area contributed by atoms with Crippen LogP contribution in [0.15, 0.2) is 46.0 Å². The molecule has 0 aliphatic rings. The van der Waals surface area contributed by atoms with Gasteiger partial charge in [-0.15, -0.1) is 0 Å². The maximum atomic E-state index is 14.6. The van der Waals surface area contributed by atoms with Gasteiger partial charge < -0.3 is 9.72 Å². The average Bonchev–Trinajstić information content (AvgIpc) is 2.65. The summed E-state index contributed by atoms with van der Waals surface area (Å²) in [5, 5.41) is 9.30. The zero-order valence-corrected chi connectivity index (χ0v) is 15.6. The van der Waals surface area contributed by atoms with Gasteiger partial charge in [0.1, 0.15) is 29.1 Å². The van der Waals surface area contributed by atoms with Gasteiger partial charge in [0, 0.05) is 12.1 Å². The second-order valence-corrected chi connectivity index (χ2v) is 6.39. The minimum atomic E-state index is -4.96. The lowest BCUT2D eigenvalue weighted by atomic mass is 10.1. The smallest absolute Gasteiger partial charge is 0.431 e. The number of nitriles is 1. The van der Waals surface area contributed by atoms with Crippen LogP contribution in [0.25, 0.3) is 5.69 Å². The van der Waals surface area contributed by atoms with Crippen LogP contribution in [-0.2, 0) is 6.18 Å². The van der Waals surface area contributed by atoms with Gasteiger partial charge in [0.25, 0.3) is 5.56 Å². The fourth-order valence-electron chi connectivity index (χ4n) is 2.83. The summed E-state index contributed by atoms with van der Waals surface area (Å²) in [5.74, 6) is -0.953. The molecule has 0 fully saturated rings. The van der Waals surface area contributed by atoms with Crippen molar-refractivity contribution >= 4 is 0 Å². The monoisotopic (exact) mass is 419 g/mol. The molecular weight excluding hydrogens is 406 g/mol. The van der Waals surface area contributed by atoms with Crippen molar-refractivity contribution < 1.29 is 22.3 Å². The lowest BCUT2D eigenvalue weighted by Gasteiger charge is -2.15. The third-order valence-electron chi connectivity index (χ3n) is 4.27. The number of aromatic nitrogens is 2. The number of aryl methyl sites for hydroxylation is 2. The van der Waals surface area contributed by atoms with E-state index in [2.05, 4.69) is 0 Å².